The van der Waals surface area contributed by atoms with E-state index >= 15 is 0 Å². The van der Waals surface area contributed by atoms with E-state index in [0.717, 1.165) is 34.8 Å². The maximum atomic E-state index is 12.7. The topological polar surface area (TPSA) is 81.6 Å². The van der Waals surface area contributed by atoms with Crippen LogP contribution in [-0.2, 0) is 6.54 Å². The lowest BCUT2D eigenvalue weighted by atomic mass is 10.1. The normalized spacial score (nSPS) is 10.7. The van der Waals surface area contributed by atoms with Crippen molar-refractivity contribution in [3.8, 4) is 5.75 Å². The van der Waals surface area contributed by atoms with Gasteiger partial charge in [0.15, 0.2) is 0 Å². The number of carbonyl (C=O) groups excluding carboxylic acids is 1. The maximum Gasteiger partial charge on any atom is 0.254 e. The molecule has 24 heavy (non-hydrogen) atoms. The van der Waals surface area contributed by atoms with E-state index in [2.05, 4.69) is 5.16 Å². The van der Waals surface area contributed by atoms with E-state index < -0.39 is 0 Å². The fourth-order valence-corrected chi connectivity index (χ4v) is 2.41. The number of aryl methyl sites for hydroxylation is 3. The third-order valence-electron chi connectivity index (χ3n) is 3.96. The summed E-state index contributed by atoms with van der Waals surface area (Å²) in [7, 11) is 1.77. The minimum absolute atomic E-state index is 0.0707. The molecule has 0 unspecified atom stereocenters. The second-order valence-corrected chi connectivity index (χ2v) is 5.93. The molecule has 0 atom stereocenters. The fourth-order valence-electron chi connectivity index (χ4n) is 2.41. The van der Waals surface area contributed by atoms with E-state index in [4.69, 9.17) is 15.0 Å². The van der Waals surface area contributed by atoms with Gasteiger partial charge in [0.05, 0.1) is 18.8 Å². The molecule has 0 radical (unpaired) electrons. The highest BCUT2D eigenvalue weighted by Gasteiger charge is 2.17. The van der Waals surface area contributed by atoms with E-state index in [1.165, 1.54) is 0 Å². The van der Waals surface area contributed by atoms with Crippen LogP contribution in [-0.4, -0.2) is 36.2 Å². The van der Waals surface area contributed by atoms with Crippen LogP contribution in [0.4, 0.5) is 0 Å². The fraction of sp³-hybridized carbons (Fsp3) is 0.444. The molecule has 130 valence electrons. The van der Waals surface area contributed by atoms with E-state index in [1.807, 2.05) is 32.9 Å². The average Bonchev–Trinajstić information content (AvgIpc) is 2.88. The van der Waals surface area contributed by atoms with Crippen molar-refractivity contribution in [3.05, 3.63) is 46.3 Å². The Morgan fingerprint density at radius 1 is 1.33 bits per heavy atom. The zero-order valence-electron chi connectivity index (χ0n) is 14.8. The molecule has 0 aliphatic carbocycles. The summed E-state index contributed by atoms with van der Waals surface area (Å²) in [5.74, 6) is 1.39. The number of ether oxygens (including phenoxy) is 1. The van der Waals surface area contributed by atoms with Crippen molar-refractivity contribution < 1.29 is 14.1 Å². The average molecular weight is 331 g/mol. The lowest BCUT2D eigenvalue weighted by Gasteiger charge is -2.18. The van der Waals surface area contributed by atoms with E-state index in [1.54, 1.807) is 18.0 Å². The van der Waals surface area contributed by atoms with Gasteiger partial charge in [0.1, 0.15) is 11.5 Å². The first kappa shape index (κ1) is 18.0. The highest BCUT2D eigenvalue weighted by atomic mass is 16.5. The molecule has 6 nitrogen and oxygen atoms in total. The number of carbonyl (C=O) groups is 1. The maximum absolute atomic E-state index is 12.7. The highest BCUT2D eigenvalue weighted by Crippen LogP contribution is 2.22. The smallest absolute Gasteiger partial charge is 0.254 e. The monoisotopic (exact) mass is 331 g/mol. The van der Waals surface area contributed by atoms with E-state index in [9.17, 15) is 4.79 Å². The van der Waals surface area contributed by atoms with Gasteiger partial charge in [-0.2, -0.15) is 0 Å². The van der Waals surface area contributed by atoms with Crippen molar-refractivity contribution in [3.63, 3.8) is 0 Å². The van der Waals surface area contributed by atoms with Crippen LogP contribution in [0.5, 0.6) is 5.75 Å². The molecule has 1 aromatic heterocycles. The number of hydrogen-bond acceptors (Lipinski definition) is 5. The van der Waals surface area contributed by atoms with Crippen LogP contribution >= 0.6 is 0 Å². The predicted octanol–water partition coefficient (Wildman–Crippen LogP) is 2.60. The molecule has 0 saturated heterocycles. The largest absolute Gasteiger partial charge is 0.493 e. The van der Waals surface area contributed by atoms with Crippen LogP contribution in [0.3, 0.4) is 0 Å². The first-order valence-corrected chi connectivity index (χ1v) is 8.04. The Morgan fingerprint density at radius 3 is 2.71 bits per heavy atom. The minimum Gasteiger partial charge on any atom is -0.493 e. The molecule has 0 saturated carbocycles. The summed E-state index contributed by atoms with van der Waals surface area (Å²) < 4.78 is 10.9. The van der Waals surface area contributed by atoms with Crippen LogP contribution in [0, 0.1) is 20.8 Å². The summed E-state index contributed by atoms with van der Waals surface area (Å²) in [4.78, 5) is 14.3. The Labute approximate surface area is 142 Å². The summed E-state index contributed by atoms with van der Waals surface area (Å²) in [5.41, 5.74) is 8.83. The van der Waals surface area contributed by atoms with E-state index in [-0.39, 0.29) is 5.91 Å². The number of nitrogens with two attached hydrogens (primary N) is 1. The Balaban J connectivity index is 2.12. The van der Waals surface area contributed by atoms with Crippen LogP contribution < -0.4 is 10.5 Å². The lowest BCUT2D eigenvalue weighted by molar-refractivity contribution is 0.0784. The Morgan fingerprint density at radius 2 is 2.08 bits per heavy atom. The van der Waals surface area contributed by atoms with Crippen molar-refractivity contribution in [2.45, 2.75) is 33.7 Å². The molecule has 0 aliphatic heterocycles. The molecule has 1 aromatic carbocycles. The Kier molecular flexibility index (Phi) is 5.98. The van der Waals surface area contributed by atoms with Gasteiger partial charge in [-0.15, -0.1) is 0 Å². The molecule has 1 amide bonds. The van der Waals surface area contributed by atoms with Gasteiger partial charge in [-0.3, -0.25) is 4.79 Å². The van der Waals surface area contributed by atoms with Crippen LogP contribution in [0.25, 0.3) is 0 Å². The van der Waals surface area contributed by atoms with Crippen LogP contribution in [0.15, 0.2) is 22.7 Å². The van der Waals surface area contributed by atoms with Gasteiger partial charge in [-0.05, 0) is 51.4 Å². The summed E-state index contributed by atoms with van der Waals surface area (Å²) in [6, 6.07) is 5.50. The lowest BCUT2D eigenvalue weighted by Crippen LogP contribution is -2.26. The number of nitrogens with zero attached hydrogens (tertiary/aromatic N) is 2. The quantitative estimate of drug-likeness (QED) is 0.789. The van der Waals surface area contributed by atoms with Gasteiger partial charge >= 0.3 is 0 Å². The van der Waals surface area contributed by atoms with E-state index in [0.29, 0.717) is 25.3 Å². The SMILES string of the molecule is Cc1ccc(C(=O)N(C)Cc2c(C)noc2C)cc1OCCCN. The first-order valence-electron chi connectivity index (χ1n) is 8.04. The number of benzene rings is 1. The molecule has 2 N–H and O–H groups in total. The Hall–Kier alpha value is -2.34. The third-order valence-corrected chi connectivity index (χ3v) is 3.96. The van der Waals surface area contributed by atoms with Crippen LogP contribution in [0.2, 0.25) is 0 Å². The summed E-state index contributed by atoms with van der Waals surface area (Å²) in [5, 5.41) is 3.93. The summed E-state index contributed by atoms with van der Waals surface area (Å²) >= 11 is 0. The third kappa shape index (κ3) is 4.14. The van der Waals surface area contributed by atoms with Crippen LogP contribution in [0.1, 0.15) is 39.4 Å². The van der Waals surface area contributed by atoms with Crippen molar-refractivity contribution in [2.75, 3.05) is 20.2 Å². The zero-order chi connectivity index (χ0) is 17.7. The second-order valence-electron chi connectivity index (χ2n) is 5.93. The molecule has 0 spiro atoms. The standard InChI is InChI=1S/C18H25N3O3/c1-12-6-7-15(10-17(12)23-9-5-8-19)18(22)21(4)11-16-13(2)20-24-14(16)3/h6-7,10H,5,8-9,11,19H2,1-4H3. The molecule has 2 aromatic rings. The molecular weight excluding hydrogens is 306 g/mol. The predicted molar refractivity (Wildman–Crippen MR) is 92.1 cm³/mol. The molecule has 0 bridgehead atoms. The van der Waals surface area contributed by atoms with Gasteiger partial charge in [-0.25, -0.2) is 0 Å². The van der Waals surface area contributed by atoms with Gasteiger partial charge in [0, 0.05) is 18.2 Å². The number of hydrogen-bond donors (Lipinski definition) is 1. The van der Waals surface area contributed by atoms with Crippen molar-refractivity contribution >= 4 is 5.91 Å². The molecular formula is C18H25N3O3. The molecule has 0 aliphatic rings. The second kappa shape index (κ2) is 7.97. The molecule has 1 heterocycles. The summed E-state index contributed by atoms with van der Waals surface area (Å²) in [6.45, 7) is 7.26. The van der Waals surface area contributed by atoms with Crippen molar-refractivity contribution in [2.24, 2.45) is 5.73 Å². The highest BCUT2D eigenvalue weighted by molar-refractivity contribution is 5.94. The number of amides is 1. The summed E-state index contributed by atoms with van der Waals surface area (Å²) in [6.07, 6.45) is 0.781. The first-order chi connectivity index (χ1) is 11.4. The molecule has 6 heteroatoms. The van der Waals surface area contributed by atoms with Crippen molar-refractivity contribution in [1.29, 1.82) is 0 Å². The number of aromatic nitrogens is 1. The molecule has 2 rings (SSSR count). The van der Waals surface area contributed by atoms with Gasteiger partial charge < -0.3 is 19.9 Å². The van der Waals surface area contributed by atoms with Crippen molar-refractivity contribution in [1.82, 2.24) is 10.1 Å². The molecule has 0 fully saturated rings. The minimum atomic E-state index is -0.0707. The Bertz CT molecular complexity index is 690. The zero-order valence-corrected chi connectivity index (χ0v) is 14.8. The van der Waals surface area contributed by atoms with Gasteiger partial charge in [-0.1, -0.05) is 11.2 Å². The van der Waals surface area contributed by atoms with Gasteiger partial charge in [0.25, 0.3) is 5.91 Å². The number of rotatable bonds is 7. The van der Waals surface area contributed by atoms with Gasteiger partial charge in [0.2, 0.25) is 0 Å².